The summed E-state index contributed by atoms with van der Waals surface area (Å²) in [6.07, 6.45) is 1.58. The van der Waals surface area contributed by atoms with E-state index in [2.05, 4.69) is 50.6 Å². The van der Waals surface area contributed by atoms with Gasteiger partial charge in [0.15, 0.2) is 5.82 Å². The molecule has 0 spiro atoms. The van der Waals surface area contributed by atoms with Gasteiger partial charge in [0.2, 0.25) is 0 Å². The predicted molar refractivity (Wildman–Crippen MR) is 105 cm³/mol. The predicted octanol–water partition coefficient (Wildman–Crippen LogP) is 5.02. The molecule has 5 nitrogen and oxygen atoms in total. The molecule has 2 N–H and O–H groups in total. The molecule has 2 aromatic heterocycles. The van der Waals surface area contributed by atoms with Gasteiger partial charge in [0, 0.05) is 16.6 Å². The van der Waals surface area contributed by atoms with Crippen LogP contribution in [0.5, 0.6) is 5.75 Å². The summed E-state index contributed by atoms with van der Waals surface area (Å²) in [5.74, 6) is 1.56. The number of hydrogen-bond donors (Lipinski definition) is 2. The number of ether oxygens (including phenoxy) is 1. The highest BCUT2D eigenvalue weighted by molar-refractivity contribution is 6.09. The zero-order valence-corrected chi connectivity index (χ0v) is 14.2. The molecule has 0 aliphatic heterocycles. The van der Waals surface area contributed by atoms with Crippen molar-refractivity contribution < 1.29 is 4.74 Å². The summed E-state index contributed by atoms with van der Waals surface area (Å²) in [6, 6.07) is 20.5. The fourth-order valence-electron chi connectivity index (χ4n) is 3.30. The third-order valence-corrected chi connectivity index (χ3v) is 4.60. The van der Waals surface area contributed by atoms with Crippen molar-refractivity contribution in [2.45, 2.75) is 0 Å². The molecular formula is C21H16N4O. The Morgan fingerprint density at radius 2 is 1.81 bits per heavy atom. The zero-order chi connectivity index (χ0) is 17.5. The Morgan fingerprint density at radius 3 is 2.69 bits per heavy atom. The third kappa shape index (κ3) is 2.33. The number of rotatable bonds is 3. The Kier molecular flexibility index (Phi) is 3.25. The SMILES string of the molecule is COc1ccc2[nH]c3c(Nc4ccc5ccccc5c4)ncnc3c2c1. The van der Waals surface area contributed by atoms with Gasteiger partial charge in [-0.3, -0.25) is 0 Å². The average molecular weight is 340 g/mol. The molecule has 126 valence electrons. The number of hydrogen-bond acceptors (Lipinski definition) is 4. The Bertz CT molecular complexity index is 1260. The highest BCUT2D eigenvalue weighted by Gasteiger charge is 2.11. The molecule has 0 unspecified atom stereocenters. The Morgan fingerprint density at radius 1 is 0.923 bits per heavy atom. The molecule has 0 atom stereocenters. The molecule has 5 rings (SSSR count). The van der Waals surface area contributed by atoms with E-state index in [9.17, 15) is 0 Å². The molecule has 5 heteroatoms. The standard InChI is InChI=1S/C21H16N4O/c1-26-16-8-9-18-17(11-16)19-20(25-18)21(23-12-22-19)24-15-7-6-13-4-2-3-5-14(13)10-15/h2-12,25H,1H3,(H,22,23,24). The summed E-state index contributed by atoms with van der Waals surface area (Å²) in [4.78, 5) is 12.3. The largest absolute Gasteiger partial charge is 0.497 e. The van der Waals surface area contributed by atoms with E-state index in [1.54, 1.807) is 13.4 Å². The van der Waals surface area contributed by atoms with Crippen molar-refractivity contribution >= 4 is 44.2 Å². The van der Waals surface area contributed by atoms with Gasteiger partial charge in [-0.15, -0.1) is 0 Å². The van der Waals surface area contributed by atoms with Crippen LogP contribution in [0.15, 0.2) is 67.0 Å². The molecule has 26 heavy (non-hydrogen) atoms. The van der Waals surface area contributed by atoms with Crippen LogP contribution in [0.3, 0.4) is 0 Å². The Hall–Kier alpha value is -3.60. The number of aromatic amines is 1. The first-order valence-corrected chi connectivity index (χ1v) is 8.38. The monoisotopic (exact) mass is 340 g/mol. The van der Waals surface area contributed by atoms with Crippen LogP contribution in [0.1, 0.15) is 0 Å². The maximum absolute atomic E-state index is 5.33. The molecule has 0 saturated carbocycles. The summed E-state index contributed by atoms with van der Waals surface area (Å²) in [7, 11) is 1.66. The second kappa shape index (κ2) is 5.74. The van der Waals surface area contributed by atoms with E-state index in [4.69, 9.17) is 4.74 Å². The fourth-order valence-corrected chi connectivity index (χ4v) is 3.30. The maximum atomic E-state index is 5.33. The number of H-pyrrole nitrogens is 1. The van der Waals surface area contributed by atoms with E-state index in [0.717, 1.165) is 39.2 Å². The lowest BCUT2D eigenvalue weighted by Gasteiger charge is -2.07. The lowest BCUT2D eigenvalue weighted by Crippen LogP contribution is -1.95. The smallest absolute Gasteiger partial charge is 0.158 e. The normalized spacial score (nSPS) is 11.3. The van der Waals surface area contributed by atoms with Crippen LogP contribution in [0.4, 0.5) is 11.5 Å². The number of nitrogens with one attached hydrogen (secondary N) is 2. The first kappa shape index (κ1) is 14.7. The van der Waals surface area contributed by atoms with Gasteiger partial charge < -0.3 is 15.0 Å². The van der Waals surface area contributed by atoms with Gasteiger partial charge in [0.1, 0.15) is 23.1 Å². The fraction of sp³-hybridized carbons (Fsp3) is 0.0476. The van der Waals surface area contributed by atoms with E-state index in [0.29, 0.717) is 0 Å². The van der Waals surface area contributed by atoms with Gasteiger partial charge in [-0.1, -0.05) is 30.3 Å². The molecule has 2 heterocycles. The molecular weight excluding hydrogens is 324 g/mol. The Labute approximate surface area is 149 Å². The van der Waals surface area contributed by atoms with E-state index in [1.807, 2.05) is 30.3 Å². The van der Waals surface area contributed by atoms with Crippen molar-refractivity contribution in [1.82, 2.24) is 15.0 Å². The first-order valence-electron chi connectivity index (χ1n) is 8.38. The number of methoxy groups -OCH3 is 1. The minimum atomic E-state index is 0.750. The second-order valence-corrected chi connectivity index (χ2v) is 6.17. The lowest BCUT2D eigenvalue weighted by molar-refractivity contribution is 0.415. The van der Waals surface area contributed by atoms with Crippen LogP contribution >= 0.6 is 0 Å². The molecule has 5 aromatic rings. The summed E-state index contributed by atoms with van der Waals surface area (Å²) >= 11 is 0. The molecule has 0 aliphatic carbocycles. The summed E-state index contributed by atoms with van der Waals surface area (Å²) in [5, 5.41) is 6.83. The molecule has 0 bridgehead atoms. The molecule has 3 aromatic carbocycles. The van der Waals surface area contributed by atoms with Gasteiger partial charge in [-0.25, -0.2) is 9.97 Å². The van der Waals surface area contributed by atoms with Crippen LogP contribution < -0.4 is 10.1 Å². The molecule has 0 radical (unpaired) electrons. The molecule has 0 amide bonds. The van der Waals surface area contributed by atoms with Gasteiger partial charge in [-0.05, 0) is 41.1 Å². The summed E-state index contributed by atoms with van der Waals surface area (Å²) < 4.78 is 5.33. The Balaban J connectivity index is 1.63. The number of nitrogens with zero attached hydrogens (tertiary/aromatic N) is 2. The van der Waals surface area contributed by atoms with Crippen LogP contribution in [0.25, 0.3) is 32.7 Å². The molecule has 0 aliphatic rings. The van der Waals surface area contributed by atoms with E-state index >= 15 is 0 Å². The van der Waals surface area contributed by atoms with Crippen molar-refractivity contribution in [3.8, 4) is 5.75 Å². The van der Waals surface area contributed by atoms with Gasteiger partial charge in [0.05, 0.1) is 7.11 Å². The number of fused-ring (bicyclic) bond motifs is 4. The zero-order valence-electron chi connectivity index (χ0n) is 14.2. The summed E-state index contributed by atoms with van der Waals surface area (Å²) in [5.41, 5.74) is 3.74. The van der Waals surface area contributed by atoms with Crippen molar-refractivity contribution in [2.75, 3.05) is 12.4 Å². The first-order chi connectivity index (χ1) is 12.8. The summed E-state index contributed by atoms with van der Waals surface area (Å²) in [6.45, 7) is 0. The van der Waals surface area contributed by atoms with Gasteiger partial charge >= 0.3 is 0 Å². The van der Waals surface area contributed by atoms with Crippen LogP contribution in [0, 0.1) is 0 Å². The van der Waals surface area contributed by atoms with Crippen LogP contribution in [-0.4, -0.2) is 22.1 Å². The van der Waals surface area contributed by atoms with E-state index in [1.165, 1.54) is 10.8 Å². The van der Waals surface area contributed by atoms with E-state index < -0.39 is 0 Å². The van der Waals surface area contributed by atoms with Crippen LogP contribution in [0.2, 0.25) is 0 Å². The quantitative estimate of drug-likeness (QED) is 0.484. The molecule has 0 fully saturated rings. The minimum absolute atomic E-state index is 0.750. The second-order valence-electron chi connectivity index (χ2n) is 6.17. The van der Waals surface area contributed by atoms with Gasteiger partial charge in [0.25, 0.3) is 0 Å². The van der Waals surface area contributed by atoms with Crippen molar-refractivity contribution in [1.29, 1.82) is 0 Å². The minimum Gasteiger partial charge on any atom is -0.497 e. The highest BCUT2D eigenvalue weighted by atomic mass is 16.5. The number of aromatic nitrogens is 3. The maximum Gasteiger partial charge on any atom is 0.158 e. The topological polar surface area (TPSA) is 62.8 Å². The molecule has 0 saturated heterocycles. The van der Waals surface area contributed by atoms with Crippen molar-refractivity contribution in [3.05, 3.63) is 67.0 Å². The highest BCUT2D eigenvalue weighted by Crippen LogP contribution is 2.31. The van der Waals surface area contributed by atoms with Crippen LogP contribution in [-0.2, 0) is 0 Å². The average Bonchev–Trinajstić information content (AvgIpc) is 3.07. The third-order valence-electron chi connectivity index (χ3n) is 4.60. The van der Waals surface area contributed by atoms with Crippen molar-refractivity contribution in [2.24, 2.45) is 0 Å². The lowest BCUT2D eigenvalue weighted by atomic mass is 10.1. The number of benzene rings is 3. The number of anilines is 2. The van der Waals surface area contributed by atoms with Crippen molar-refractivity contribution in [3.63, 3.8) is 0 Å². The van der Waals surface area contributed by atoms with E-state index in [-0.39, 0.29) is 0 Å². The van der Waals surface area contributed by atoms with Gasteiger partial charge in [-0.2, -0.15) is 0 Å².